The summed E-state index contributed by atoms with van der Waals surface area (Å²) in [4.78, 5) is 13.8. The lowest BCUT2D eigenvalue weighted by atomic mass is 9.83. The van der Waals surface area contributed by atoms with Gasteiger partial charge in [0.2, 0.25) is 0 Å². The van der Waals surface area contributed by atoms with Crippen LogP contribution >= 0.6 is 0 Å². The average Bonchev–Trinajstić information content (AvgIpc) is 2.79. The summed E-state index contributed by atoms with van der Waals surface area (Å²) in [5.41, 5.74) is 5.15. The molecule has 2 aliphatic carbocycles. The molecule has 2 rings (SSSR count). The fourth-order valence-electron chi connectivity index (χ4n) is 4.26. The van der Waals surface area contributed by atoms with Gasteiger partial charge in [-0.3, -0.25) is 4.79 Å². The van der Waals surface area contributed by atoms with E-state index in [9.17, 15) is 9.90 Å². The fourth-order valence-corrected chi connectivity index (χ4v) is 4.26. The van der Waals surface area contributed by atoms with E-state index in [1.165, 1.54) is 25.7 Å². The standard InChI is InChI=1S/C16H30N2O2/c1-12-6-3-4-8-14(12)18(2)11-9-13-7-5-10-16(13,17)15(19)20/h12-14H,3-11,17H2,1-2H3,(H,19,20). The lowest BCUT2D eigenvalue weighted by Gasteiger charge is -2.37. The van der Waals surface area contributed by atoms with Crippen LogP contribution in [0.25, 0.3) is 0 Å². The Bertz CT molecular complexity index is 347. The van der Waals surface area contributed by atoms with Gasteiger partial charge in [0.25, 0.3) is 0 Å². The number of nitrogens with zero attached hydrogens (tertiary/aromatic N) is 1. The molecule has 0 radical (unpaired) electrons. The SMILES string of the molecule is CC1CCCCC1N(C)CCC1CCCC1(N)C(=O)O. The van der Waals surface area contributed by atoms with Gasteiger partial charge in [0.1, 0.15) is 5.54 Å². The van der Waals surface area contributed by atoms with Crippen LogP contribution in [0.1, 0.15) is 58.3 Å². The molecule has 0 aliphatic heterocycles. The molecule has 4 nitrogen and oxygen atoms in total. The highest BCUT2D eigenvalue weighted by Crippen LogP contribution is 2.37. The van der Waals surface area contributed by atoms with Crippen LogP contribution in [0.2, 0.25) is 0 Å². The minimum Gasteiger partial charge on any atom is -0.480 e. The highest BCUT2D eigenvalue weighted by molar-refractivity contribution is 5.79. The lowest BCUT2D eigenvalue weighted by molar-refractivity contribution is -0.144. The number of nitrogens with two attached hydrogens (primary N) is 1. The highest BCUT2D eigenvalue weighted by atomic mass is 16.4. The summed E-state index contributed by atoms with van der Waals surface area (Å²) in [6.45, 7) is 3.33. The summed E-state index contributed by atoms with van der Waals surface area (Å²) in [5.74, 6) is 0.0921. The molecule has 0 bridgehead atoms. The molecule has 2 aliphatic rings. The molecular weight excluding hydrogens is 252 g/mol. The van der Waals surface area contributed by atoms with E-state index in [1.54, 1.807) is 0 Å². The molecule has 0 heterocycles. The number of carbonyl (C=O) groups is 1. The second-order valence-electron chi connectivity index (χ2n) is 7.03. The number of hydrogen-bond donors (Lipinski definition) is 2. The fraction of sp³-hybridized carbons (Fsp3) is 0.938. The maximum atomic E-state index is 11.4. The van der Waals surface area contributed by atoms with Crippen LogP contribution in [0.4, 0.5) is 0 Å². The van der Waals surface area contributed by atoms with E-state index in [2.05, 4.69) is 18.9 Å². The molecular formula is C16H30N2O2. The molecule has 0 aromatic carbocycles. The third kappa shape index (κ3) is 3.17. The van der Waals surface area contributed by atoms with Crippen molar-refractivity contribution in [3.05, 3.63) is 0 Å². The topological polar surface area (TPSA) is 66.6 Å². The van der Waals surface area contributed by atoms with Crippen molar-refractivity contribution in [1.29, 1.82) is 0 Å². The number of hydrogen-bond acceptors (Lipinski definition) is 3. The zero-order chi connectivity index (χ0) is 14.8. The van der Waals surface area contributed by atoms with Crippen LogP contribution in [0.5, 0.6) is 0 Å². The third-order valence-electron chi connectivity index (χ3n) is 5.73. The van der Waals surface area contributed by atoms with Gasteiger partial charge in [-0.2, -0.15) is 0 Å². The van der Waals surface area contributed by atoms with Gasteiger partial charge in [0.05, 0.1) is 0 Å². The van der Waals surface area contributed by atoms with Crippen molar-refractivity contribution < 1.29 is 9.90 Å². The van der Waals surface area contributed by atoms with Crippen molar-refractivity contribution in [3.8, 4) is 0 Å². The van der Waals surface area contributed by atoms with E-state index in [4.69, 9.17) is 5.73 Å². The Morgan fingerprint density at radius 3 is 2.65 bits per heavy atom. The van der Waals surface area contributed by atoms with Gasteiger partial charge in [-0.15, -0.1) is 0 Å². The lowest BCUT2D eigenvalue weighted by Crippen LogP contribution is -2.52. The summed E-state index contributed by atoms with van der Waals surface area (Å²) in [6, 6.07) is 0.669. The Morgan fingerprint density at radius 2 is 2.00 bits per heavy atom. The van der Waals surface area contributed by atoms with Gasteiger partial charge in [-0.25, -0.2) is 0 Å². The van der Waals surface area contributed by atoms with Crippen LogP contribution in [0, 0.1) is 11.8 Å². The van der Waals surface area contributed by atoms with Crippen molar-refractivity contribution in [2.45, 2.75) is 69.9 Å². The molecule has 0 saturated heterocycles. The summed E-state index contributed by atoms with van der Waals surface area (Å²) in [5, 5.41) is 9.36. The van der Waals surface area contributed by atoms with Crippen LogP contribution in [0.3, 0.4) is 0 Å². The zero-order valence-corrected chi connectivity index (χ0v) is 13.0. The summed E-state index contributed by atoms with van der Waals surface area (Å²) < 4.78 is 0. The molecule has 4 unspecified atom stereocenters. The predicted molar refractivity (Wildman–Crippen MR) is 80.6 cm³/mol. The molecule has 20 heavy (non-hydrogen) atoms. The highest BCUT2D eigenvalue weighted by Gasteiger charge is 2.45. The van der Waals surface area contributed by atoms with Gasteiger partial charge >= 0.3 is 5.97 Å². The zero-order valence-electron chi connectivity index (χ0n) is 13.0. The number of carboxylic acids is 1. The van der Waals surface area contributed by atoms with E-state index < -0.39 is 11.5 Å². The molecule has 4 atom stereocenters. The van der Waals surface area contributed by atoms with Crippen molar-refractivity contribution in [1.82, 2.24) is 4.90 Å². The second-order valence-corrected chi connectivity index (χ2v) is 7.03. The molecule has 0 aromatic rings. The van der Waals surface area contributed by atoms with Crippen LogP contribution in [0.15, 0.2) is 0 Å². The van der Waals surface area contributed by atoms with Gasteiger partial charge in [-0.05, 0) is 57.5 Å². The molecule has 3 N–H and O–H groups in total. The summed E-state index contributed by atoms with van der Waals surface area (Å²) in [7, 11) is 2.19. The van der Waals surface area contributed by atoms with Crippen LogP contribution < -0.4 is 5.73 Å². The monoisotopic (exact) mass is 282 g/mol. The van der Waals surface area contributed by atoms with E-state index >= 15 is 0 Å². The average molecular weight is 282 g/mol. The van der Waals surface area contributed by atoms with E-state index in [1.807, 2.05) is 0 Å². The molecule has 2 fully saturated rings. The number of aliphatic carboxylic acids is 1. The normalized spacial score (nSPS) is 38.3. The van der Waals surface area contributed by atoms with E-state index in [0.717, 1.165) is 31.7 Å². The molecule has 116 valence electrons. The molecule has 4 heteroatoms. The molecule has 0 aromatic heterocycles. The first-order chi connectivity index (χ1) is 9.45. The predicted octanol–water partition coefficient (Wildman–Crippen LogP) is 2.47. The Hall–Kier alpha value is -0.610. The summed E-state index contributed by atoms with van der Waals surface area (Å²) >= 11 is 0. The first-order valence-corrected chi connectivity index (χ1v) is 8.17. The Balaban J connectivity index is 1.86. The molecule has 2 saturated carbocycles. The quantitative estimate of drug-likeness (QED) is 0.813. The number of carboxylic acid groups (broad SMARTS) is 1. The van der Waals surface area contributed by atoms with E-state index in [-0.39, 0.29) is 5.92 Å². The van der Waals surface area contributed by atoms with Crippen LogP contribution in [-0.2, 0) is 4.79 Å². The second kappa shape index (κ2) is 6.44. The Kier molecular flexibility index (Phi) is 5.08. The third-order valence-corrected chi connectivity index (χ3v) is 5.73. The van der Waals surface area contributed by atoms with Crippen molar-refractivity contribution in [2.75, 3.05) is 13.6 Å². The smallest absolute Gasteiger partial charge is 0.323 e. The Morgan fingerprint density at radius 1 is 1.30 bits per heavy atom. The minimum absolute atomic E-state index is 0.140. The first-order valence-electron chi connectivity index (χ1n) is 8.17. The van der Waals surface area contributed by atoms with Crippen LogP contribution in [-0.4, -0.2) is 41.1 Å². The maximum Gasteiger partial charge on any atom is 0.323 e. The first kappa shape index (κ1) is 15.8. The van der Waals surface area contributed by atoms with Gasteiger partial charge < -0.3 is 15.7 Å². The minimum atomic E-state index is -0.973. The Labute approximate surface area is 122 Å². The van der Waals surface area contributed by atoms with Gasteiger partial charge in [-0.1, -0.05) is 26.2 Å². The molecule has 0 amide bonds. The number of rotatable bonds is 5. The largest absolute Gasteiger partial charge is 0.480 e. The summed E-state index contributed by atoms with van der Waals surface area (Å²) in [6.07, 6.45) is 8.79. The van der Waals surface area contributed by atoms with E-state index in [0.29, 0.717) is 12.5 Å². The maximum absolute atomic E-state index is 11.4. The van der Waals surface area contributed by atoms with Gasteiger partial charge in [0.15, 0.2) is 0 Å². The van der Waals surface area contributed by atoms with Crippen molar-refractivity contribution in [3.63, 3.8) is 0 Å². The van der Waals surface area contributed by atoms with Crippen molar-refractivity contribution >= 4 is 5.97 Å². The van der Waals surface area contributed by atoms with Crippen molar-refractivity contribution in [2.24, 2.45) is 17.6 Å². The van der Waals surface area contributed by atoms with Gasteiger partial charge in [0, 0.05) is 6.04 Å². The molecule has 0 spiro atoms.